The van der Waals surface area contributed by atoms with Crippen molar-refractivity contribution in [2.45, 2.75) is 44.4 Å². The SMILES string of the molecule is CC(C)CN1CC2(C1)CN(C(=O)CCO)CC1CC(O)CN12. The van der Waals surface area contributed by atoms with Gasteiger partial charge in [-0.1, -0.05) is 13.8 Å². The zero-order chi connectivity index (χ0) is 15.9. The molecule has 0 bridgehead atoms. The van der Waals surface area contributed by atoms with Crippen LogP contribution in [-0.2, 0) is 4.79 Å². The van der Waals surface area contributed by atoms with E-state index in [9.17, 15) is 9.90 Å². The van der Waals surface area contributed by atoms with Crippen molar-refractivity contribution < 1.29 is 15.0 Å². The van der Waals surface area contributed by atoms with E-state index in [-0.39, 0.29) is 36.6 Å². The van der Waals surface area contributed by atoms with Crippen LogP contribution in [0.25, 0.3) is 0 Å². The Morgan fingerprint density at radius 2 is 2.00 bits per heavy atom. The molecule has 0 aromatic rings. The van der Waals surface area contributed by atoms with Crippen LogP contribution in [0.2, 0.25) is 0 Å². The van der Waals surface area contributed by atoms with E-state index in [4.69, 9.17) is 5.11 Å². The molecule has 3 rings (SSSR count). The van der Waals surface area contributed by atoms with Crippen molar-refractivity contribution in [2.75, 3.05) is 45.9 Å². The predicted octanol–water partition coefficient (Wildman–Crippen LogP) is -0.643. The number of aliphatic hydroxyl groups excluding tert-OH is 2. The van der Waals surface area contributed by atoms with Gasteiger partial charge in [0.15, 0.2) is 0 Å². The molecule has 0 radical (unpaired) electrons. The maximum atomic E-state index is 12.2. The minimum absolute atomic E-state index is 0.0143. The molecule has 126 valence electrons. The maximum Gasteiger partial charge on any atom is 0.224 e. The van der Waals surface area contributed by atoms with Crippen LogP contribution >= 0.6 is 0 Å². The van der Waals surface area contributed by atoms with Gasteiger partial charge >= 0.3 is 0 Å². The van der Waals surface area contributed by atoms with Gasteiger partial charge in [0.2, 0.25) is 5.91 Å². The summed E-state index contributed by atoms with van der Waals surface area (Å²) in [6, 6.07) is 0.271. The number of carbonyl (C=O) groups is 1. The molecule has 3 fully saturated rings. The third kappa shape index (κ3) is 2.89. The van der Waals surface area contributed by atoms with Gasteiger partial charge in [-0.3, -0.25) is 14.6 Å². The molecule has 3 aliphatic heterocycles. The molecule has 1 amide bonds. The predicted molar refractivity (Wildman–Crippen MR) is 83.4 cm³/mol. The Balaban J connectivity index is 1.71. The van der Waals surface area contributed by atoms with E-state index < -0.39 is 0 Å². The van der Waals surface area contributed by atoms with E-state index >= 15 is 0 Å². The summed E-state index contributed by atoms with van der Waals surface area (Å²) in [5, 5.41) is 19.1. The highest BCUT2D eigenvalue weighted by Crippen LogP contribution is 2.39. The van der Waals surface area contributed by atoms with Crippen molar-refractivity contribution in [3.63, 3.8) is 0 Å². The summed E-state index contributed by atoms with van der Waals surface area (Å²) in [6.45, 7) is 9.60. The second-order valence-electron chi connectivity index (χ2n) is 7.73. The van der Waals surface area contributed by atoms with E-state index in [1.807, 2.05) is 4.90 Å². The zero-order valence-corrected chi connectivity index (χ0v) is 13.7. The molecule has 3 saturated heterocycles. The monoisotopic (exact) mass is 311 g/mol. The number of aliphatic hydroxyl groups is 2. The number of amides is 1. The fourth-order valence-electron chi connectivity index (χ4n) is 4.57. The van der Waals surface area contributed by atoms with Gasteiger partial charge in [0.1, 0.15) is 0 Å². The van der Waals surface area contributed by atoms with Gasteiger partial charge in [-0.05, 0) is 12.3 Å². The van der Waals surface area contributed by atoms with Crippen LogP contribution in [-0.4, -0.2) is 94.4 Å². The largest absolute Gasteiger partial charge is 0.396 e. The van der Waals surface area contributed by atoms with E-state index in [1.165, 1.54) is 0 Å². The van der Waals surface area contributed by atoms with Crippen molar-refractivity contribution in [1.29, 1.82) is 0 Å². The lowest BCUT2D eigenvalue weighted by Gasteiger charge is -2.61. The lowest BCUT2D eigenvalue weighted by molar-refractivity contribution is -0.151. The molecule has 6 heteroatoms. The first kappa shape index (κ1) is 16.2. The topological polar surface area (TPSA) is 67.2 Å². The first-order valence-corrected chi connectivity index (χ1v) is 8.49. The number of fused-ring (bicyclic) bond motifs is 2. The van der Waals surface area contributed by atoms with Gasteiger partial charge < -0.3 is 15.1 Å². The van der Waals surface area contributed by atoms with E-state index in [1.54, 1.807) is 0 Å². The van der Waals surface area contributed by atoms with Crippen LogP contribution in [0.3, 0.4) is 0 Å². The number of nitrogens with zero attached hydrogens (tertiary/aromatic N) is 3. The normalized spacial score (nSPS) is 31.6. The summed E-state index contributed by atoms with van der Waals surface area (Å²) in [5.74, 6) is 0.693. The summed E-state index contributed by atoms with van der Waals surface area (Å²) < 4.78 is 0. The van der Waals surface area contributed by atoms with Gasteiger partial charge in [0, 0.05) is 51.7 Å². The van der Waals surface area contributed by atoms with Crippen LogP contribution in [0.5, 0.6) is 0 Å². The van der Waals surface area contributed by atoms with E-state index in [0.717, 1.165) is 39.1 Å². The summed E-state index contributed by atoms with van der Waals surface area (Å²) in [6.07, 6.45) is 0.699. The molecule has 22 heavy (non-hydrogen) atoms. The molecule has 6 nitrogen and oxygen atoms in total. The Bertz CT molecular complexity index is 423. The van der Waals surface area contributed by atoms with E-state index in [0.29, 0.717) is 12.5 Å². The Labute approximate surface area is 132 Å². The minimum Gasteiger partial charge on any atom is -0.396 e. The highest BCUT2D eigenvalue weighted by atomic mass is 16.3. The molecular weight excluding hydrogens is 282 g/mol. The maximum absolute atomic E-state index is 12.2. The lowest BCUT2D eigenvalue weighted by Crippen LogP contribution is -2.78. The van der Waals surface area contributed by atoms with Gasteiger partial charge in [-0.15, -0.1) is 0 Å². The van der Waals surface area contributed by atoms with Crippen molar-refractivity contribution in [1.82, 2.24) is 14.7 Å². The molecule has 3 aliphatic rings. The second kappa shape index (κ2) is 6.07. The van der Waals surface area contributed by atoms with Crippen LogP contribution < -0.4 is 0 Å². The first-order chi connectivity index (χ1) is 10.4. The summed E-state index contributed by atoms with van der Waals surface area (Å²) in [5.41, 5.74) is 0.0143. The Hall–Kier alpha value is -0.690. The number of rotatable bonds is 4. The number of hydrogen-bond donors (Lipinski definition) is 2. The average molecular weight is 311 g/mol. The van der Waals surface area contributed by atoms with Gasteiger partial charge in [-0.25, -0.2) is 0 Å². The minimum atomic E-state index is -0.270. The van der Waals surface area contributed by atoms with Crippen LogP contribution in [0.1, 0.15) is 26.7 Å². The third-order valence-corrected chi connectivity index (χ3v) is 5.26. The number of hydrogen-bond acceptors (Lipinski definition) is 5. The van der Waals surface area contributed by atoms with Crippen molar-refractivity contribution >= 4 is 5.91 Å². The van der Waals surface area contributed by atoms with Crippen LogP contribution in [0.15, 0.2) is 0 Å². The number of piperazine rings is 1. The van der Waals surface area contributed by atoms with Crippen molar-refractivity contribution in [3.8, 4) is 0 Å². The van der Waals surface area contributed by atoms with Crippen LogP contribution in [0, 0.1) is 5.92 Å². The van der Waals surface area contributed by atoms with Gasteiger partial charge in [0.25, 0.3) is 0 Å². The molecule has 0 saturated carbocycles. The first-order valence-electron chi connectivity index (χ1n) is 8.49. The summed E-state index contributed by atoms with van der Waals surface area (Å²) in [4.78, 5) is 19.1. The molecular formula is C16H29N3O3. The smallest absolute Gasteiger partial charge is 0.224 e. The molecule has 0 aromatic heterocycles. The molecule has 2 unspecified atom stereocenters. The quantitative estimate of drug-likeness (QED) is 0.723. The molecule has 0 aromatic carbocycles. The summed E-state index contributed by atoms with van der Waals surface area (Å²) in [7, 11) is 0. The van der Waals surface area contributed by atoms with Crippen molar-refractivity contribution in [3.05, 3.63) is 0 Å². The van der Waals surface area contributed by atoms with Crippen LogP contribution in [0.4, 0.5) is 0 Å². The number of β-amino-alcohol motifs (C(OH)–C–C–N with tert-alkyl or cyclic N) is 1. The molecule has 2 atom stereocenters. The molecule has 1 spiro atoms. The highest BCUT2D eigenvalue weighted by Gasteiger charge is 2.56. The Kier molecular flexibility index (Phi) is 4.47. The molecule has 0 aliphatic carbocycles. The van der Waals surface area contributed by atoms with E-state index in [2.05, 4.69) is 23.6 Å². The number of carbonyl (C=O) groups excluding carboxylic acids is 1. The molecule has 3 heterocycles. The fourth-order valence-corrected chi connectivity index (χ4v) is 4.57. The zero-order valence-electron chi connectivity index (χ0n) is 13.7. The number of likely N-dealkylation sites (tertiary alicyclic amines) is 1. The van der Waals surface area contributed by atoms with Gasteiger partial charge in [-0.2, -0.15) is 0 Å². The highest BCUT2D eigenvalue weighted by molar-refractivity contribution is 5.76. The fraction of sp³-hybridized carbons (Fsp3) is 0.938. The lowest BCUT2D eigenvalue weighted by atomic mass is 9.83. The third-order valence-electron chi connectivity index (χ3n) is 5.26. The molecule has 2 N–H and O–H groups in total. The standard InChI is InChI=1S/C16H29N3O3/c1-12(2)6-17-9-16(10-17)11-18(15(22)3-4-20)7-13-5-14(21)8-19(13)16/h12-14,20-21H,3-11H2,1-2H3. The second-order valence-corrected chi connectivity index (χ2v) is 7.73. The Morgan fingerprint density at radius 1 is 1.27 bits per heavy atom. The van der Waals surface area contributed by atoms with Gasteiger partial charge in [0.05, 0.1) is 18.2 Å². The average Bonchev–Trinajstić information content (AvgIpc) is 2.77. The summed E-state index contributed by atoms with van der Waals surface area (Å²) >= 11 is 0. The van der Waals surface area contributed by atoms with Crippen molar-refractivity contribution in [2.24, 2.45) is 5.92 Å². The Morgan fingerprint density at radius 3 is 2.64 bits per heavy atom.